The van der Waals surface area contributed by atoms with E-state index in [0.29, 0.717) is 12.1 Å². The van der Waals surface area contributed by atoms with Gasteiger partial charge in [-0.1, -0.05) is 44.5 Å². The lowest BCUT2D eigenvalue weighted by molar-refractivity contribution is 0.0335. The van der Waals surface area contributed by atoms with Gasteiger partial charge in [-0.25, -0.2) is 0 Å². The van der Waals surface area contributed by atoms with E-state index in [9.17, 15) is 0 Å². The van der Waals surface area contributed by atoms with E-state index in [1.165, 1.54) is 17.5 Å². The van der Waals surface area contributed by atoms with Crippen LogP contribution in [-0.4, -0.2) is 19.3 Å². The van der Waals surface area contributed by atoms with Gasteiger partial charge in [0.2, 0.25) is 0 Å². The normalized spacial score (nSPS) is 22.7. The van der Waals surface area contributed by atoms with E-state index >= 15 is 0 Å². The van der Waals surface area contributed by atoms with Gasteiger partial charge < -0.3 is 10.1 Å². The van der Waals surface area contributed by atoms with Crippen molar-refractivity contribution in [3.63, 3.8) is 0 Å². The van der Waals surface area contributed by atoms with Gasteiger partial charge in [-0.3, -0.25) is 0 Å². The fourth-order valence-electron chi connectivity index (χ4n) is 2.55. The van der Waals surface area contributed by atoms with Crippen LogP contribution in [0.5, 0.6) is 0 Å². The average Bonchev–Trinajstić information content (AvgIpc) is 2.69. The summed E-state index contributed by atoms with van der Waals surface area (Å²) in [7, 11) is 0. The van der Waals surface area contributed by atoms with Crippen LogP contribution in [0.1, 0.15) is 43.9 Å². The Morgan fingerprint density at radius 3 is 2.88 bits per heavy atom. The van der Waals surface area contributed by atoms with Crippen molar-refractivity contribution in [3.8, 4) is 0 Å². The molecule has 0 aliphatic heterocycles. The van der Waals surface area contributed by atoms with Gasteiger partial charge in [0.15, 0.2) is 0 Å². The molecular weight excluding hydrogens is 210 g/mol. The van der Waals surface area contributed by atoms with Crippen molar-refractivity contribution in [2.75, 3.05) is 13.2 Å². The minimum absolute atomic E-state index is 0.318. The topological polar surface area (TPSA) is 21.3 Å². The standard InChI is InChI=1S/C15H23NO/c1-3-5-10-17-14-11-12-8-6-7-9-13(12)15(14)16-4-2/h6-9,14-16H,3-5,10-11H2,1-2H3. The zero-order chi connectivity index (χ0) is 12.1. The van der Waals surface area contributed by atoms with E-state index in [0.717, 1.165) is 26.0 Å². The first-order chi connectivity index (χ1) is 8.36. The maximum absolute atomic E-state index is 6.03. The van der Waals surface area contributed by atoms with Crippen LogP contribution in [0.3, 0.4) is 0 Å². The summed E-state index contributed by atoms with van der Waals surface area (Å²) in [5.74, 6) is 0. The molecule has 2 heteroatoms. The number of likely N-dealkylation sites (N-methyl/N-ethyl adjacent to an activating group) is 1. The van der Waals surface area contributed by atoms with E-state index in [2.05, 4.69) is 43.4 Å². The Kier molecular flexibility index (Phi) is 4.57. The van der Waals surface area contributed by atoms with Gasteiger partial charge in [0.1, 0.15) is 0 Å². The summed E-state index contributed by atoms with van der Waals surface area (Å²) in [6, 6.07) is 9.08. The predicted octanol–water partition coefficient (Wildman–Crippen LogP) is 3.08. The van der Waals surface area contributed by atoms with E-state index in [-0.39, 0.29) is 0 Å². The average molecular weight is 233 g/mol. The molecule has 2 unspecified atom stereocenters. The monoisotopic (exact) mass is 233 g/mol. The maximum atomic E-state index is 6.03. The smallest absolute Gasteiger partial charge is 0.0810 e. The molecule has 0 aromatic heterocycles. The third-order valence-corrected chi connectivity index (χ3v) is 3.44. The number of nitrogens with one attached hydrogen (secondary N) is 1. The van der Waals surface area contributed by atoms with Gasteiger partial charge >= 0.3 is 0 Å². The first-order valence-electron chi connectivity index (χ1n) is 6.79. The van der Waals surface area contributed by atoms with E-state index in [1.807, 2.05) is 0 Å². The molecular formula is C15H23NO. The molecule has 2 rings (SSSR count). The highest BCUT2D eigenvalue weighted by atomic mass is 16.5. The first-order valence-corrected chi connectivity index (χ1v) is 6.79. The summed E-state index contributed by atoms with van der Waals surface area (Å²) >= 11 is 0. The number of rotatable bonds is 6. The zero-order valence-electron chi connectivity index (χ0n) is 10.9. The summed E-state index contributed by atoms with van der Waals surface area (Å²) in [6.07, 6.45) is 3.73. The van der Waals surface area contributed by atoms with Gasteiger partial charge in [0, 0.05) is 13.0 Å². The van der Waals surface area contributed by atoms with Crippen molar-refractivity contribution >= 4 is 0 Å². The highest BCUT2D eigenvalue weighted by Crippen LogP contribution is 2.33. The minimum Gasteiger partial charge on any atom is -0.376 e. The zero-order valence-corrected chi connectivity index (χ0v) is 10.9. The number of fused-ring (bicyclic) bond motifs is 1. The Bertz CT molecular complexity index is 351. The van der Waals surface area contributed by atoms with Crippen LogP contribution in [0.25, 0.3) is 0 Å². The van der Waals surface area contributed by atoms with Crippen LogP contribution in [0.2, 0.25) is 0 Å². The molecule has 0 saturated heterocycles. The molecule has 94 valence electrons. The second kappa shape index (κ2) is 6.18. The summed E-state index contributed by atoms with van der Waals surface area (Å²) < 4.78 is 6.03. The molecule has 17 heavy (non-hydrogen) atoms. The first kappa shape index (κ1) is 12.6. The molecule has 1 aliphatic rings. The fraction of sp³-hybridized carbons (Fsp3) is 0.600. The SMILES string of the molecule is CCCCOC1Cc2ccccc2C1NCC. The van der Waals surface area contributed by atoms with Gasteiger partial charge in [0.05, 0.1) is 12.1 Å². The van der Waals surface area contributed by atoms with Gasteiger partial charge in [-0.05, 0) is 24.1 Å². The Labute approximate surface area is 104 Å². The molecule has 1 aromatic carbocycles. The van der Waals surface area contributed by atoms with E-state index < -0.39 is 0 Å². The lowest BCUT2D eigenvalue weighted by Crippen LogP contribution is -2.31. The van der Waals surface area contributed by atoms with Crippen molar-refractivity contribution in [2.24, 2.45) is 0 Å². The molecule has 0 heterocycles. The number of hydrogen-bond acceptors (Lipinski definition) is 2. The van der Waals surface area contributed by atoms with Crippen molar-refractivity contribution in [1.82, 2.24) is 5.32 Å². The summed E-state index contributed by atoms with van der Waals surface area (Å²) in [4.78, 5) is 0. The minimum atomic E-state index is 0.318. The molecule has 0 saturated carbocycles. The summed E-state index contributed by atoms with van der Waals surface area (Å²) in [5.41, 5.74) is 2.87. The van der Waals surface area contributed by atoms with Crippen LogP contribution >= 0.6 is 0 Å². The lowest BCUT2D eigenvalue weighted by Gasteiger charge is -2.21. The molecule has 0 spiro atoms. The van der Waals surface area contributed by atoms with Crippen molar-refractivity contribution < 1.29 is 4.74 Å². The Morgan fingerprint density at radius 2 is 2.12 bits per heavy atom. The predicted molar refractivity (Wildman–Crippen MR) is 71.2 cm³/mol. The molecule has 2 nitrogen and oxygen atoms in total. The quantitative estimate of drug-likeness (QED) is 0.762. The van der Waals surface area contributed by atoms with Crippen LogP contribution in [0, 0.1) is 0 Å². The van der Waals surface area contributed by atoms with Gasteiger partial charge in [-0.2, -0.15) is 0 Å². The molecule has 1 aromatic rings. The Morgan fingerprint density at radius 1 is 1.29 bits per heavy atom. The molecule has 2 atom stereocenters. The van der Waals surface area contributed by atoms with E-state index in [4.69, 9.17) is 4.74 Å². The largest absolute Gasteiger partial charge is 0.376 e. The van der Waals surface area contributed by atoms with E-state index in [1.54, 1.807) is 0 Å². The fourth-order valence-corrected chi connectivity index (χ4v) is 2.55. The third kappa shape index (κ3) is 2.88. The van der Waals surface area contributed by atoms with Crippen LogP contribution in [0.4, 0.5) is 0 Å². The van der Waals surface area contributed by atoms with Crippen LogP contribution in [0.15, 0.2) is 24.3 Å². The maximum Gasteiger partial charge on any atom is 0.0810 e. The third-order valence-electron chi connectivity index (χ3n) is 3.44. The molecule has 0 radical (unpaired) electrons. The summed E-state index contributed by atoms with van der Waals surface area (Å²) in [5, 5.41) is 3.55. The Balaban J connectivity index is 2.04. The lowest BCUT2D eigenvalue weighted by atomic mass is 10.1. The number of ether oxygens (including phenoxy) is 1. The molecule has 1 aliphatic carbocycles. The molecule has 0 bridgehead atoms. The van der Waals surface area contributed by atoms with Crippen LogP contribution < -0.4 is 5.32 Å². The summed E-state index contributed by atoms with van der Waals surface area (Å²) in [6.45, 7) is 6.24. The van der Waals surface area contributed by atoms with Crippen LogP contribution in [-0.2, 0) is 11.2 Å². The van der Waals surface area contributed by atoms with Gasteiger partial charge in [0.25, 0.3) is 0 Å². The van der Waals surface area contributed by atoms with Crippen molar-refractivity contribution in [1.29, 1.82) is 0 Å². The molecule has 0 amide bonds. The highest BCUT2D eigenvalue weighted by molar-refractivity contribution is 5.36. The second-order valence-corrected chi connectivity index (χ2v) is 4.70. The number of hydrogen-bond donors (Lipinski definition) is 1. The molecule has 1 N–H and O–H groups in total. The number of benzene rings is 1. The second-order valence-electron chi connectivity index (χ2n) is 4.70. The molecule has 0 fully saturated rings. The number of unbranched alkanes of at least 4 members (excludes halogenated alkanes) is 1. The van der Waals surface area contributed by atoms with Gasteiger partial charge in [-0.15, -0.1) is 0 Å². The Hall–Kier alpha value is -0.860. The highest BCUT2D eigenvalue weighted by Gasteiger charge is 2.31. The van der Waals surface area contributed by atoms with Crippen molar-refractivity contribution in [3.05, 3.63) is 35.4 Å². The van der Waals surface area contributed by atoms with Crippen molar-refractivity contribution in [2.45, 2.75) is 45.3 Å².